The molecule has 0 unspecified atom stereocenters. The topological polar surface area (TPSA) is 353 Å². The minimum Gasteiger partial charge on any atom is -0.487 e. The molecule has 26 heteroatoms. The van der Waals surface area contributed by atoms with E-state index in [-0.39, 0.29) is 63.6 Å². The molecule has 79 heavy (non-hydrogen) atoms. The van der Waals surface area contributed by atoms with Gasteiger partial charge in [0.25, 0.3) is 10.0 Å². The second-order valence-corrected chi connectivity index (χ2v) is 25.2. The van der Waals surface area contributed by atoms with Gasteiger partial charge in [-0.05, 0) is 151 Å². The highest BCUT2D eigenvalue weighted by atomic mass is 32.2. The smallest absolute Gasteiger partial charge is 0.326 e. The van der Waals surface area contributed by atoms with E-state index in [1.54, 1.807) is 41.5 Å². The number of fused-ring (bicyclic) bond motifs is 1. The molecule has 25 nitrogen and oxygen atoms in total. The van der Waals surface area contributed by atoms with Crippen LogP contribution in [-0.4, -0.2) is 187 Å². The van der Waals surface area contributed by atoms with E-state index in [1.807, 2.05) is 34.6 Å². The third-order valence-corrected chi connectivity index (χ3v) is 16.0. The molecule has 442 valence electrons. The standard InChI is InChI=1S/C53H85N11O14S/c1-29-30(2)42(31(3)33-25-53(11,12)78-41(29)33)79(74,75)61-50(55)56-21-13-17-35(49(72)73)59-44(67)36(28-77-52(8,9)10)60-45(68)37-18-14-22-62(37)47(70)39-20-16-24-64(39)48(71)38-19-15-23-63(38)46(69)32(4)58-40(65)26-57-43(66)34(54)27-76-51(5,6)7/h32,34-39H,13-28,54H2,1-12H3,(H,57,66)(H,58,65)(H,59,67)(H,60,68)(H,72,73)(H3,55,56,61)/t32-,34-,35-,36-,37-,38-,39-/m0/s1. The predicted molar refractivity (Wildman–Crippen MR) is 291 cm³/mol. The highest BCUT2D eigenvalue weighted by Gasteiger charge is 2.47. The van der Waals surface area contributed by atoms with Gasteiger partial charge in [0.1, 0.15) is 53.6 Å². The Morgan fingerprint density at radius 3 is 1.90 bits per heavy atom. The lowest BCUT2D eigenvalue weighted by Crippen LogP contribution is -2.59. The number of hydrogen-bond donors (Lipinski definition) is 8. The molecule has 0 aliphatic carbocycles. The quantitative estimate of drug-likeness (QED) is 0.0440. The van der Waals surface area contributed by atoms with E-state index in [4.69, 9.17) is 25.7 Å². The molecule has 7 atom stereocenters. The average molecular weight is 1130 g/mol. The Morgan fingerprint density at radius 2 is 1.32 bits per heavy atom. The van der Waals surface area contributed by atoms with Gasteiger partial charge in [-0.3, -0.25) is 38.6 Å². The van der Waals surface area contributed by atoms with Crippen LogP contribution in [0, 0.1) is 20.8 Å². The van der Waals surface area contributed by atoms with Crippen LogP contribution in [0.25, 0.3) is 0 Å². The first-order valence-corrected chi connectivity index (χ1v) is 28.6. The Balaban J connectivity index is 1.17. The third kappa shape index (κ3) is 16.7. The zero-order chi connectivity index (χ0) is 59.1. The number of sulfonamides is 1. The number of guanidine groups is 1. The van der Waals surface area contributed by atoms with Gasteiger partial charge in [0.2, 0.25) is 47.3 Å². The SMILES string of the molecule is Cc1c(C)c(S(=O)(=O)NC(N)=NCCC[C@H](NC(=O)[C@H](COC(C)(C)C)NC(=O)[C@@H]2CCCN2C(=O)[C@@H]2CCCN2C(=O)[C@@H]2CCCN2C(=O)[C@H](C)NC(=O)CNC(=O)[C@@H](N)COC(C)(C)C)C(=O)O)c(C)c2c1OC(C)(C)C2. The van der Waals surface area contributed by atoms with E-state index in [0.717, 1.165) is 5.56 Å². The van der Waals surface area contributed by atoms with Crippen LogP contribution in [0.2, 0.25) is 0 Å². The molecular formula is C53H85N11O14S. The summed E-state index contributed by atoms with van der Waals surface area (Å²) in [6, 6.07) is -7.84. The Bertz CT molecular complexity index is 2630. The van der Waals surface area contributed by atoms with Crippen molar-refractivity contribution < 1.29 is 66.1 Å². The van der Waals surface area contributed by atoms with Crippen molar-refractivity contribution in [2.45, 2.75) is 205 Å². The maximum absolute atomic E-state index is 14.4. The van der Waals surface area contributed by atoms with Crippen LogP contribution in [0.1, 0.15) is 136 Å². The zero-order valence-electron chi connectivity index (χ0n) is 48.0. The number of carboxylic acid groups (broad SMARTS) is 1. The third-order valence-electron chi connectivity index (χ3n) is 14.3. The monoisotopic (exact) mass is 1130 g/mol. The van der Waals surface area contributed by atoms with Crippen molar-refractivity contribution in [3.8, 4) is 5.75 Å². The summed E-state index contributed by atoms with van der Waals surface area (Å²) in [7, 11) is -4.20. The Kier molecular flexibility index (Phi) is 21.0. The van der Waals surface area contributed by atoms with Gasteiger partial charge in [-0.15, -0.1) is 0 Å². The number of benzene rings is 1. The van der Waals surface area contributed by atoms with Crippen molar-refractivity contribution in [3.63, 3.8) is 0 Å². The number of nitrogens with two attached hydrogens (primary N) is 2. The summed E-state index contributed by atoms with van der Waals surface area (Å²) < 4.78 is 47.2. The lowest BCUT2D eigenvalue weighted by molar-refractivity contribution is -0.151. The highest BCUT2D eigenvalue weighted by molar-refractivity contribution is 7.90. The number of nitrogens with one attached hydrogen (secondary N) is 5. The first-order chi connectivity index (χ1) is 36.6. The van der Waals surface area contributed by atoms with Crippen LogP contribution in [-0.2, 0) is 64.3 Å². The fourth-order valence-corrected chi connectivity index (χ4v) is 11.8. The molecule has 4 heterocycles. The van der Waals surface area contributed by atoms with Gasteiger partial charge in [-0.1, -0.05) is 0 Å². The summed E-state index contributed by atoms with van der Waals surface area (Å²) >= 11 is 0. The number of amides is 7. The number of nitrogens with zero attached hydrogens (tertiary/aromatic N) is 4. The number of ether oxygens (including phenoxy) is 3. The molecule has 1 aromatic rings. The Morgan fingerprint density at radius 1 is 0.772 bits per heavy atom. The molecule has 1 aromatic carbocycles. The molecule has 0 spiro atoms. The van der Waals surface area contributed by atoms with Crippen molar-refractivity contribution >= 4 is 63.3 Å². The van der Waals surface area contributed by atoms with Gasteiger partial charge in [0.05, 0.1) is 35.9 Å². The second-order valence-electron chi connectivity index (χ2n) is 23.6. The van der Waals surface area contributed by atoms with E-state index >= 15 is 0 Å². The van der Waals surface area contributed by atoms with Crippen LogP contribution in [0.3, 0.4) is 0 Å². The fraction of sp³-hybridized carbons (Fsp3) is 0.717. The summed E-state index contributed by atoms with van der Waals surface area (Å²) in [6.07, 6.45) is 2.70. The van der Waals surface area contributed by atoms with Gasteiger partial charge < -0.3 is 66.8 Å². The molecular weight excluding hydrogens is 1050 g/mol. The van der Waals surface area contributed by atoms with Crippen LogP contribution in [0.4, 0.5) is 0 Å². The van der Waals surface area contributed by atoms with E-state index in [0.29, 0.717) is 61.0 Å². The Hall–Kier alpha value is -6.12. The maximum Gasteiger partial charge on any atom is 0.326 e. The summed E-state index contributed by atoms with van der Waals surface area (Å²) in [5, 5.41) is 20.3. The summed E-state index contributed by atoms with van der Waals surface area (Å²) in [5.74, 6) is -5.35. The first kappa shape index (κ1) is 63.7. The highest BCUT2D eigenvalue weighted by Crippen LogP contribution is 2.44. The van der Waals surface area contributed by atoms with Crippen molar-refractivity contribution in [2.75, 3.05) is 45.9 Å². The van der Waals surface area contributed by atoms with Gasteiger partial charge in [0, 0.05) is 38.2 Å². The molecule has 4 aliphatic heterocycles. The molecule has 7 amide bonds. The number of aliphatic carboxylic acids is 1. The van der Waals surface area contributed by atoms with Crippen LogP contribution >= 0.6 is 0 Å². The van der Waals surface area contributed by atoms with E-state index < -0.39 is 129 Å². The average Bonchev–Trinajstić information content (AvgIpc) is 4.39. The molecule has 4 aliphatic rings. The van der Waals surface area contributed by atoms with Gasteiger partial charge in [-0.2, -0.15) is 0 Å². The van der Waals surface area contributed by atoms with Crippen molar-refractivity contribution in [1.82, 2.24) is 40.7 Å². The van der Waals surface area contributed by atoms with Crippen molar-refractivity contribution in [3.05, 3.63) is 22.3 Å². The molecule has 3 saturated heterocycles. The Labute approximate surface area is 463 Å². The van der Waals surface area contributed by atoms with Gasteiger partial charge >= 0.3 is 5.97 Å². The van der Waals surface area contributed by atoms with Gasteiger partial charge in [0.15, 0.2) is 0 Å². The molecule has 10 N–H and O–H groups in total. The number of likely N-dealkylation sites (tertiary alicyclic amines) is 3. The molecule has 0 bridgehead atoms. The lowest BCUT2D eigenvalue weighted by Gasteiger charge is -2.35. The van der Waals surface area contributed by atoms with E-state index in [2.05, 4.69) is 31.0 Å². The number of carbonyl (C=O) groups is 8. The summed E-state index contributed by atoms with van der Waals surface area (Å²) in [6.45, 7) is 20.9. The summed E-state index contributed by atoms with van der Waals surface area (Å²) in [4.78, 5) is 117. The molecule has 5 rings (SSSR count). The van der Waals surface area contributed by atoms with Crippen molar-refractivity contribution in [2.24, 2.45) is 16.5 Å². The zero-order valence-corrected chi connectivity index (χ0v) is 48.8. The molecule has 0 aromatic heterocycles. The van der Waals surface area contributed by atoms with Crippen LogP contribution < -0.4 is 42.2 Å². The first-order valence-electron chi connectivity index (χ1n) is 27.1. The van der Waals surface area contributed by atoms with Crippen LogP contribution in [0.5, 0.6) is 5.75 Å². The predicted octanol–water partition coefficient (Wildman–Crippen LogP) is 0.304. The second kappa shape index (κ2) is 26.0. The van der Waals surface area contributed by atoms with Crippen LogP contribution in [0.15, 0.2) is 9.89 Å². The lowest BCUT2D eigenvalue weighted by atomic mass is 9.94. The normalized spacial score (nSPS) is 20.8. The van der Waals surface area contributed by atoms with Gasteiger partial charge in [-0.25, -0.2) is 17.9 Å². The number of aliphatic imine (C=N–C) groups is 1. The van der Waals surface area contributed by atoms with E-state index in [9.17, 15) is 51.9 Å². The fourth-order valence-electron chi connectivity index (χ4n) is 10.3. The van der Waals surface area contributed by atoms with E-state index in [1.165, 1.54) is 21.6 Å². The molecule has 0 radical (unpaired) electrons. The minimum absolute atomic E-state index is 0.0531. The van der Waals surface area contributed by atoms with Crippen molar-refractivity contribution in [1.29, 1.82) is 0 Å². The number of carboxylic acids is 1. The maximum atomic E-state index is 14.4. The minimum atomic E-state index is -4.20. The molecule has 0 saturated carbocycles. The molecule has 3 fully saturated rings. The number of rotatable bonds is 22. The largest absolute Gasteiger partial charge is 0.487 e. The number of hydrogen-bond acceptors (Lipinski definition) is 15. The number of carbonyl (C=O) groups excluding carboxylic acids is 7. The summed E-state index contributed by atoms with van der Waals surface area (Å²) in [5.41, 5.74) is 12.7.